The van der Waals surface area contributed by atoms with Crippen molar-refractivity contribution in [1.82, 2.24) is 10.6 Å². The van der Waals surface area contributed by atoms with Gasteiger partial charge in [-0.15, -0.1) is 0 Å². The molecule has 0 spiro atoms. The van der Waals surface area contributed by atoms with E-state index in [-0.39, 0.29) is 18.2 Å². The van der Waals surface area contributed by atoms with E-state index in [0.29, 0.717) is 19.7 Å². The maximum Gasteiger partial charge on any atom is 0.407 e. The molecule has 90 valence electrons. The second-order valence-electron chi connectivity index (χ2n) is 3.33. The van der Waals surface area contributed by atoms with Gasteiger partial charge in [-0.2, -0.15) is 0 Å². The molecule has 5 nitrogen and oxygen atoms in total. The summed E-state index contributed by atoms with van der Waals surface area (Å²) in [4.78, 5) is 10.9. The van der Waals surface area contributed by atoms with E-state index in [0.717, 1.165) is 0 Å². The number of ether oxygens (including phenoxy) is 2. The number of nitrogens with one attached hydrogen (secondary N) is 2. The zero-order chi connectivity index (χ0) is 11.7. The van der Waals surface area contributed by atoms with E-state index in [1.54, 1.807) is 14.0 Å². The molecular formula is C10H22N2O3. The minimum Gasteiger partial charge on any atom is -0.450 e. The largest absolute Gasteiger partial charge is 0.450 e. The van der Waals surface area contributed by atoms with Crippen molar-refractivity contribution in [3.8, 4) is 0 Å². The van der Waals surface area contributed by atoms with Crippen LogP contribution < -0.4 is 10.6 Å². The van der Waals surface area contributed by atoms with E-state index >= 15 is 0 Å². The lowest BCUT2D eigenvalue weighted by atomic mass is 10.2. The minimum atomic E-state index is -0.369. The number of methoxy groups -OCH3 is 1. The Labute approximate surface area is 91.5 Å². The molecule has 0 rings (SSSR count). The Morgan fingerprint density at radius 3 is 2.53 bits per heavy atom. The van der Waals surface area contributed by atoms with Crippen LogP contribution in [0.2, 0.25) is 0 Å². The summed E-state index contributed by atoms with van der Waals surface area (Å²) >= 11 is 0. The zero-order valence-corrected chi connectivity index (χ0v) is 10.0. The molecular weight excluding hydrogens is 196 g/mol. The van der Waals surface area contributed by atoms with Gasteiger partial charge in [0.15, 0.2) is 0 Å². The first kappa shape index (κ1) is 14.2. The average molecular weight is 218 g/mol. The van der Waals surface area contributed by atoms with Crippen molar-refractivity contribution in [2.24, 2.45) is 0 Å². The molecule has 0 saturated heterocycles. The van der Waals surface area contributed by atoms with E-state index in [9.17, 15) is 4.79 Å². The van der Waals surface area contributed by atoms with Crippen LogP contribution in [0.3, 0.4) is 0 Å². The van der Waals surface area contributed by atoms with Crippen molar-refractivity contribution in [2.45, 2.75) is 32.9 Å². The topological polar surface area (TPSA) is 59.6 Å². The van der Waals surface area contributed by atoms with Crippen LogP contribution in [0.5, 0.6) is 0 Å². The molecule has 0 aliphatic carbocycles. The number of carbonyl (C=O) groups excluding carboxylic acids is 1. The number of amides is 1. The van der Waals surface area contributed by atoms with Crippen LogP contribution in [0.25, 0.3) is 0 Å². The van der Waals surface area contributed by atoms with Gasteiger partial charge in [-0.1, -0.05) is 0 Å². The van der Waals surface area contributed by atoms with Crippen molar-refractivity contribution >= 4 is 6.09 Å². The Bertz CT molecular complexity index is 176. The van der Waals surface area contributed by atoms with Gasteiger partial charge in [0, 0.05) is 26.2 Å². The van der Waals surface area contributed by atoms with Crippen molar-refractivity contribution < 1.29 is 14.3 Å². The molecule has 0 saturated carbocycles. The van der Waals surface area contributed by atoms with Crippen molar-refractivity contribution in [1.29, 1.82) is 0 Å². The smallest absolute Gasteiger partial charge is 0.407 e. The van der Waals surface area contributed by atoms with Gasteiger partial charge in [-0.3, -0.25) is 0 Å². The molecule has 2 unspecified atom stereocenters. The monoisotopic (exact) mass is 218 g/mol. The van der Waals surface area contributed by atoms with Gasteiger partial charge in [0.1, 0.15) is 0 Å². The summed E-state index contributed by atoms with van der Waals surface area (Å²) in [6.45, 7) is 7.47. The van der Waals surface area contributed by atoms with Crippen molar-refractivity contribution in [3.05, 3.63) is 0 Å². The summed E-state index contributed by atoms with van der Waals surface area (Å²) in [6, 6.07) is 0.263. The molecule has 0 radical (unpaired) electrons. The van der Waals surface area contributed by atoms with Crippen LogP contribution in [0.15, 0.2) is 0 Å². The molecule has 2 atom stereocenters. The van der Waals surface area contributed by atoms with E-state index in [1.165, 1.54) is 0 Å². The van der Waals surface area contributed by atoms with Gasteiger partial charge < -0.3 is 20.1 Å². The number of alkyl carbamates (subject to hydrolysis) is 1. The Balaban J connectivity index is 3.41. The normalized spacial score (nSPS) is 14.4. The highest BCUT2D eigenvalue weighted by Gasteiger charge is 2.09. The minimum absolute atomic E-state index is 0.160. The van der Waals surface area contributed by atoms with E-state index < -0.39 is 0 Å². The van der Waals surface area contributed by atoms with Gasteiger partial charge in [0.05, 0.1) is 12.7 Å². The Kier molecular flexibility index (Phi) is 8.04. The van der Waals surface area contributed by atoms with Crippen molar-refractivity contribution in [2.75, 3.05) is 26.8 Å². The standard InChI is InChI=1S/C10H22N2O3/c1-5-15-10(13)12-7-6-11-8(2)9(3)14-4/h8-9,11H,5-7H2,1-4H3,(H,12,13). The highest BCUT2D eigenvalue weighted by Crippen LogP contribution is 1.94. The molecule has 0 aromatic heterocycles. The summed E-state index contributed by atoms with van der Waals surface area (Å²) < 4.78 is 9.87. The van der Waals surface area contributed by atoms with Crippen LogP contribution in [0.4, 0.5) is 4.79 Å². The van der Waals surface area contributed by atoms with Crippen molar-refractivity contribution in [3.63, 3.8) is 0 Å². The van der Waals surface area contributed by atoms with E-state index in [4.69, 9.17) is 9.47 Å². The van der Waals surface area contributed by atoms with Gasteiger partial charge in [0.25, 0.3) is 0 Å². The Morgan fingerprint density at radius 2 is 2.00 bits per heavy atom. The van der Waals surface area contributed by atoms with Crippen LogP contribution in [0.1, 0.15) is 20.8 Å². The first-order chi connectivity index (χ1) is 7.11. The number of carbonyl (C=O) groups is 1. The Hall–Kier alpha value is -0.810. The lowest BCUT2D eigenvalue weighted by Gasteiger charge is -2.19. The summed E-state index contributed by atoms with van der Waals surface area (Å²) in [5.41, 5.74) is 0. The quantitative estimate of drug-likeness (QED) is 0.619. The maximum absolute atomic E-state index is 10.9. The summed E-state index contributed by atoms with van der Waals surface area (Å²) in [7, 11) is 1.68. The second-order valence-corrected chi connectivity index (χ2v) is 3.33. The van der Waals surface area contributed by atoms with Gasteiger partial charge >= 0.3 is 6.09 Å². The van der Waals surface area contributed by atoms with Crippen LogP contribution in [-0.2, 0) is 9.47 Å². The van der Waals surface area contributed by atoms with Gasteiger partial charge in [-0.25, -0.2) is 4.79 Å². The molecule has 15 heavy (non-hydrogen) atoms. The van der Waals surface area contributed by atoms with E-state index in [2.05, 4.69) is 10.6 Å². The molecule has 1 amide bonds. The van der Waals surface area contributed by atoms with Crippen LogP contribution in [0, 0.1) is 0 Å². The lowest BCUT2D eigenvalue weighted by Crippen LogP contribution is -2.41. The lowest BCUT2D eigenvalue weighted by molar-refractivity contribution is 0.0888. The zero-order valence-electron chi connectivity index (χ0n) is 10.0. The first-order valence-electron chi connectivity index (χ1n) is 5.28. The maximum atomic E-state index is 10.9. The molecule has 0 aromatic rings. The van der Waals surface area contributed by atoms with Gasteiger partial charge in [0.2, 0.25) is 0 Å². The molecule has 0 fully saturated rings. The van der Waals surface area contributed by atoms with Crippen LogP contribution in [-0.4, -0.2) is 45.0 Å². The molecule has 0 heterocycles. The highest BCUT2D eigenvalue weighted by molar-refractivity contribution is 5.66. The molecule has 0 aliphatic rings. The molecule has 0 bridgehead atoms. The number of rotatable bonds is 7. The number of hydrogen-bond acceptors (Lipinski definition) is 4. The fraction of sp³-hybridized carbons (Fsp3) is 0.900. The van der Waals surface area contributed by atoms with Crippen LogP contribution >= 0.6 is 0 Å². The fourth-order valence-electron chi connectivity index (χ4n) is 1.02. The SMILES string of the molecule is CCOC(=O)NCCNC(C)C(C)OC. The third-order valence-electron chi connectivity index (χ3n) is 2.21. The predicted octanol–water partition coefficient (Wildman–Crippen LogP) is 0.746. The average Bonchev–Trinajstić information content (AvgIpc) is 2.23. The highest BCUT2D eigenvalue weighted by atomic mass is 16.5. The Morgan fingerprint density at radius 1 is 1.33 bits per heavy atom. The molecule has 5 heteroatoms. The summed E-state index contributed by atoms with van der Waals surface area (Å²) in [6.07, 6.45) is -0.209. The van der Waals surface area contributed by atoms with Gasteiger partial charge in [-0.05, 0) is 20.8 Å². The summed E-state index contributed by atoms with van der Waals surface area (Å²) in [5.74, 6) is 0. The summed E-state index contributed by atoms with van der Waals surface area (Å²) in [5, 5.41) is 5.87. The second kappa shape index (κ2) is 8.49. The molecule has 0 aromatic carbocycles. The predicted molar refractivity (Wildman–Crippen MR) is 59.0 cm³/mol. The third kappa shape index (κ3) is 7.16. The third-order valence-corrected chi connectivity index (χ3v) is 2.21. The first-order valence-corrected chi connectivity index (χ1v) is 5.28. The number of hydrogen-bond donors (Lipinski definition) is 2. The van der Waals surface area contributed by atoms with E-state index in [1.807, 2.05) is 13.8 Å². The fourth-order valence-corrected chi connectivity index (χ4v) is 1.02. The molecule has 2 N–H and O–H groups in total. The molecule has 0 aliphatic heterocycles.